The molecule has 0 amide bonds. The number of fused-ring (bicyclic) bond motifs is 1. The second-order valence-corrected chi connectivity index (χ2v) is 3.43. The molecule has 0 unspecified atom stereocenters. The van der Waals surface area contributed by atoms with Gasteiger partial charge in [-0.25, -0.2) is 4.52 Å². The first-order valence-electron chi connectivity index (χ1n) is 4.89. The van der Waals surface area contributed by atoms with Crippen LogP contribution < -0.4 is 5.48 Å². The monoisotopic (exact) mass is 245 g/mol. The van der Waals surface area contributed by atoms with Crippen LogP contribution in [0.2, 0.25) is 0 Å². The van der Waals surface area contributed by atoms with Gasteiger partial charge >= 0.3 is 6.18 Å². The zero-order valence-corrected chi connectivity index (χ0v) is 8.74. The smallest absolute Gasteiger partial charge is 0.292 e. The van der Waals surface area contributed by atoms with Gasteiger partial charge in [0, 0.05) is 18.3 Å². The molecule has 92 valence electrons. The number of hydroxylamine groups is 1. The summed E-state index contributed by atoms with van der Waals surface area (Å²) in [5.41, 5.74) is 3.86. The van der Waals surface area contributed by atoms with E-state index in [1.54, 1.807) is 16.9 Å². The summed E-state index contributed by atoms with van der Waals surface area (Å²) in [6.45, 7) is -1.14. The Morgan fingerprint density at radius 1 is 1.35 bits per heavy atom. The van der Waals surface area contributed by atoms with E-state index in [0.29, 0.717) is 0 Å². The maximum absolute atomic E-state index is 11.8. The van der Waals surface area contributed by atoms with E-state index >= 15 is 0 Å². The molecule has 4 nitrogen and oxygen atoms in total. The molecule has 0 saturated carbocycles. The van der Waals surface area contributed by atoms with Crippen molar-refractivity contribution in [3.8, 4) is 0 Å². The van der Waals surface area contributed by atoms with Gasteiger partial charge < -0.3 is 0 Å². The average molecular weight is 245 g/mol. The molecule has 2 rings (SSSR count). The highest BCUT2D eigenvalue weighted by Crippen LogP contribution is 2.14. The van der Waals surface area contributed by atoms with Crippen molar-refractivity contribution in [1.29, 1.82) is 0 Å². The molecule has 0 fully saturated rings. The number of nitrogens with one attached hydrogen (secondary N) is 1. The Morgan fingerprint density at radius 3 is 2.94 bits per heavy atom. The van der Waals surface area contributed by atoms with Crippen molar-refractivity contribution in [2.75, 3.05) is 6.61 Å². The van der Waals surface area contributed by atoms with Gasteiger partial charge in [-0.05, 0) is 12.1 Å². The van der Waals surface area contributed by atoms with Crippen LogP contribution in [-0.4, -0.2) is 22.4 Å². The lowest BCUT2D eigenvalue weighted by molar-refractivity contribution is -0.190. The normalized spacial score (nSPS) is 12.2. The standard InChI is InChI=1S/C10H10F3N3O/c11-10(12,13)7-17-15-6-8-5-14-16-4-2-1-3-9(8)16/h1-5,15H,6-7H2. The fraction of sp³-hybridized carbons (Fsp3) is 0.300. The van der Waals surface area contributed by atoms with Crippen LogP contribution in [0.1, 0.15) is 5.56 Å². The summed E-state index contributed by atoms with van der Waals surface area (Å²) >= 11 is 0. The number of aromatic nitrogens is 2. The fourth-order valence-corrected chi connectivity index (χ4v) is 1.39. The minimum absolute atomic E-state index is 0.170. The van der Waals surface area contributed by atoms with Crippen LogP contribution in [0.15, 0.2) is 30.6 Å². The molecule has 0 aliphatic heterocycles. The third kappa shape index (κ3) is 3.18. The summed E-state index contributed by atoms with van der Waals surface area (Å²) in [4.78, 5) is 4.31. The molecule has 7 heteroatoms. The van der Waals surface area contributed by atoms with Gasteiger partial charge in [0.2, 0.25) is 0 Å². The van der Waals surface area contributed by atoms with Gasteiger partial charge in [-0.2, -0.15) is 23.8 Å². The summed E-state index contributed by atoms with van der Waals surface area (Å²) in [5.74, 6) is 0. The molecule has 0 aromatic carbocycles. The fourth-order valence-electron chi connectivity index (χ4n) is 1.39. The molecule has 2 aromatic rings. The molecule has 0 aliphatic carbocycles. The summed E-state index contributed by atoms with van der Waals surface area (Å²) in [6, 6.07) is 5.47. The Bertz CT molecular complexity index is 495. The van der Waals surface area contributed by atoms with Crippen LogP contribution in [0.4, 0.5) is 13.2 Å². The van der Waals surface area contributed by atoms with Gasteiger partial charge in [0.15, 0.2) is 6.61 Å². The van der Waals surface area contributed by atoms with Crippen LogP contribution in [0, 0.1) is 0 Å². The molecule has 1 N–H and O–H groups in total. The van der Waals surface area contributed by atoms with Crippen LogP contribution in [0.3, 0.4) is 0 Å². The molecule has 17 heavy (non-hydrogen) atoms. The zero-order chi connectivity index (χ0) is 12.3. The van der Waals surface area contributed by atoms with Crippen LogP contribution in [0.25, 0.3) is 5.52 Å². The molecule has 0 atom stereocenters. The van der Waals surface area contributed by atoms with E-state index in [-0.39, 0.29) is 6.54 Å². The van der Waals surface area contributed by atoms with E-state index in [1.807, 2.05) is 18.2 Å². The van der Waals surface area contributed by atoms with Gasteiger partial charge in [-0.15, -0.1) is 0 Å². The summed E-state index contributed by atoms with van der Waals surface area (Å²) in [7, 11) is 0. The van der Waals surface area contributed by atoms with E-state index in [1.165, 1.54) is 0 Å². The van der Waals surface area contributed by atoms with Crippen molar-refractivity contribution < 1.29 is 18.0 Å². The van der Waals surface area contributed by atoms with Gasteiger partial charge in [0.05, 0.1) is 11.7 Å². The topological polar surface area (TPSA) is 38.6 Å². The quantitative estimate of drug-likeness (QED) is 0.660. The van der Waals surface area contributed by atoms with Crippen LogP contribution in [0.5, 0.6) is 0 Å². The van der Waals surface area contributed by atoms with Crippen molar-refractivity contribution >= 4 is 5.52 Å². The molecule has 0 spiro atoms. The Balaban J connectivity index is 1.91. The Kier molecular flexibility index (Phi) is 3.30. The summed E-state index contributed by atoms with van der Waals surface area (Å²) in [5, 5.41) is 4.05. The lowest BCUT2D eigenvalue weighted by Gasteiger charge is -2.07. The lowest BCUT2D eigenvalue weighted by Crippen LogP contribution is -2.24. The number of alkyl halides is 3. The van der Waals surface area contributed by atoms with E-state index in [0.717, 1.165) is 11.1 Å². The number of hydrogen-bond acceptors (Lipinski definition) is 3. The molecule has 0 saturated heterocycles. The average Bonchev–Trinajstić information content (AvgIpc) is 2.67. The highest BCUT2D eigenvalue weighted by Gasteiger charge is 2.27. The van der Waals surface area contributed by atoms with Gasteiger partial charge in [-0.1, -0.05) is 6.07 Å². The third-order valence-corrected chi connectivity index (χ3v) is 2.11. The van der Waals surface area contributed by atoms with E-state index in [9.17, 15) is 13.2 Å². The van der Waals surface area contributed by atoms with Crippen LogP contribution >= 0.6 is 0 Å². The second-order valence-electron chi connectivity index (χ2n) is 3.43. The number of pyridine rings is 1. The number of hydrogen-bond donors (Lipinski definition) is 1. The molecule has 2 aromatic heterocycles. The predicted octanol–water partition coefficient (Wildman–Crippen LogP) is 1.92. The second kappa shape index (κ2) is 4.72. The maximum Gasteiger partial charge on any atom is 0.413 e. The first kappa shape index (κ1) is 11.9. The molecule has 0 bridgehead atoms. The zero-order valence-electron chi connectivity index (χ0n) is 8.74. The molecule has 2 heterocycles. The Labute approximate surface area is 94.9 Å². The van der Waals surface area contributed by atoms with Crippen molar-refractivity contribution in [3.05, 3.63) is 36.2 Å². The van der Waals surface area contributed by atoms with Gasteiger partial charge in [-0.3, -0.25) is 4.84 Å². The van der Waals surface area contributed by atoms with Gasteiger partial charge in [0.25, 0.3) is 0 Å². The van der Waals surface area contributed by atoms with Gasteiger partial charge in [0.1, 0.15) is 0 Å². The highest BCUT2D eigenvalue weighted by molar-refractivity contribution is 5.53. The largest absolute Gasteiger partial charge is 0.413 e. The number of rotatable bonds is 4. The predicted molar refractivity (Wildman–Crippen MR) is 54.0 cm³/mol. The van der Waals surface area contributed by atoms with E-state index in [4.69, 9.17) is 0 Å². The van der Waals surface area contributed by atoms with Crippen LogP contribution in [-0.2, 0) is 11.4 Å². The number of halogens is 3. The lowest BCUT2D eigenvalue weighted by atomic mass is 10.3. The maximum atomic E-state index is 11.8. The Hall–Kier alpha value is -1.60. The Morgan fingerprint density at radius 2 is 2.18 bits per heavy atom. The third-order valence-electron chi connectivity index (χ3n) is 2.11. The van der Waals surface area contributed by atoms with Crippen molar-refractivity contribution in [2.24, 2.45) is 0 Å². The van der Waals surface area contributed by atoms with E-state index < -0.39 is 12.8 Å². The minimum atomic E-state index is -4.33. The molecular formula is C10H10F3N3O. The molecular weight excluding hydrogens is 235 g/mol. The van der Waals surface area contributed by atoms with Crippen molar-refractivity contribution in [3.63, 3.8) is 0 Å². The van der Waals surface area contributed by atoms with Crippen molar-refractivity contribution in [2.45, 2.75) is 12.7 Å². The first-order chi connectivity index (χ1) is 8.06. The first-order valence-corrected chi connectivity index (χ1v) is 4.89. The highest BCUT2D eigenvalue weighted by atomic mass is 19.4. The molecule has 0 radical (unpaired) electrons. The minimum Gasteiger partial charge on any atom is -0.292 e. The SMILES string of the molecule is FC(F)(F)CONCc1cnn2ccccc12. The summed E-state index contributed by atoms with van der Waals surface area (Å²) < 4.78 is 37.0. The number of nitrogens with zero attached hydrogens (tertiary/aromatic N) is 2. The molecule has 0 aliphatic rings. The van der Waals surface area contributed by atoms with Crippen molar-refractivity contribution in [1.82, 2.24) is 15.1 Å². The summed E-state index contributed by atoms with van der Waals surface area (Å²) in [6.07, 6.45) is -0.983. The van der Waals surface area contributed by atoms with E-state index in [2.05, 4.69) is 15.4 Å².